The number of rotatable bonds is 3. The fourth-order valence-electron chi connectivity index (χ4n) is 4.12. The first-order valence-electron chi connectivity index (χ1n) is 8.71. The first-order valence-corrected chi connectivity index (χ1v) is 8.71. The van der Waals surface area contributed by atoms with Gasteiger partial charge in [-0.05, 0) is 51.2 Å². The average Bonchev–Trinajstić information content (AvgIpc) is 3.18. The maximum atomic E-state index is 11.4. The van der Waals surface area contributed by atoms with E-state index in [9.17, 15) is 4.79 Å². The van der Waals surface area contributed by atoms with Crippen molar-refractivity contribution in [3.05, 3.63) is 41.2 Å². The van der Waals surface area contributed by atoms with Gasteiger partial charge in [-0.1, -0.05) is 0 Å². The summed E-state index contributed by atoms with van der Waals surface area (Å²) in [6, 6.07) is 4.19. The largest absolute Gasteiger partial charge is 0.369 e. The number of nitrogens with zero attached hydrogens (tertiary/aromatic N) is 4. The van der Waals surface area contributed by atoms with Crippen LogP contribution in [-0.2, 0) is 12.8 Å². The summed E-state index contributed by atoms with van der Waals surface area (Å²) in [5, 5.41) is 0. The van der Waals surface area contributed by atoms with Crippen LogP contribution in [-0.4, -0.2) is 33.5 Å². The Morgan fingerprint density at radius 2 is 2.17 bits per heavy atom. The van der Waals surface area contributed by atoms with E-state index in [1.807, 2.05) is 6.07 Å². The molecule has 2 aliphatic rings. The van der Waals surface area contributed by atoms with Crippen molar-refractivity contribution in [3.8, 4) is 0 Å². The van der Waals surface area contributed by atoms with Gasteiger partial charge in [0.1, 0.15) is 11.5 Å². The van der Waals surface area contributed by atoms with E-state index < -0.39 is 5.91 Å². The fraction of sp³-hybridized carbons (Fsp3) is 0.500. The lowest BCUT2D eigenvalue weighted by atomic mass is 10.0. The number of aryl methyl sites for hydroxylation is 2. The van der Waals surface area contributed by atoms with Gasteiger partial charge in [0.2, 0.25) is 0 Å². The number of primary amides is 1. The van der Waals surface area contributed by atoms with Gasteiger partial charge in [0.25, 0.3) is 5.91 Å². The summed E-state index contributed by atoms with van der Waals surface area (Å²) in [6.07, 6.45) is 7.54. The summed E-state index contributed by atoms with van der Waals surface area (Å²) in [7, 11) is 0. The van der Waals surface area contributed by atoms with E-state index in [1.165, 1.54) is 24.2 Å². The summed E-state index contributed by atoms with van der Waals surface area (Å²) >= 11 is 0. The molecule has 1 fully saturated rings. The second-order valence-corrected chi connectivity index (χ2v) is 6.78. The topological polar surface area (TPSA) is 77.0 Å². The molecule has 126 valence electrons. The minimum atomic E-state index is -0.480. The third kappa shape index (κ3) is 2.56. The van der Waals surface area contributed by atoms with Crippen LogP contribution in [0.1, 0.15) is 53.0 Å². The molecule has 0 spiro atoms. The molecule has 1 atom stereocenters. The maximum Gasteiger partial charge on any atom is 0.267 e. The number of aromatic nitrogens is 3. The predicted octanol–water partition coefficient (Wildman–Crippen LogP) is 2.02. The Kier molecular flexibility index (Phi) is 3.75. The monoisotopic (exact) mass is 325 g/mol. The van der Waals surface area contributed by atoms with Crippen LogP contribution in [0, 0.1) is 6.92 Å². The second-order valence-electron chi connectivity index (χ2n) is 6.78. The van der Waals surface area contributed by atoms with Crippen LogP contribution >= 0.6 is 0 Å². The molecule has 2 N–H and O–H groups in total. The van der Waals surface area contributed by atoms with Crippen LogP contribution in [0.25, 0.3) is 0 Å². The first-order chi connectivity index (χ1) is 11.6. The highest BCUT2D eigenvalue weighted by molar-refractivity contribution is 5.91. The van der Waals surface area contributed by atoms with Crippen molar-refractivity contribution in [1.82, 2.24) is 14.5 Å². The van der Waals surface area contributed by atoms with Crippen molar-refractivity contribution in [2.24, 2.45) is 5.73 Å². The van der Waals surface area contributed by atoms with Gasteiger partial charge in [-0.25, -0.2) is 4.98 Å². The Morgan fingerprint density at radius 3 is 3.00 bits per heavy atom. The van der Waals surface area contributed by atoms with E-state index >= 15 is 0 Å². The minimum Gasteiger partial charge on any atom is -0.369 e. The third-order valence-corrected chi connectivity index (χ3v) is 5.24. The number of fused-ring (bicyclic) bond motifs is 1. The lowest BCUT2D eigenvalue weighted by Crippen LogP contribution is -2.23. The molecule has 3 heterocycles. The van der Waals surface area contributed by atoms with Crippen LogP contribution < -0.4 is 10.6 Å². The molecule has 1 saturated heterocycles. The highest BCUT2D eigenvalue weighted by atomic mass is 16.1. The molecular formula is C18H23N5O. The van der Waals surface area contributed by atoms with Gasteiger partial charge in [-0.2, -0.15) is 0 Å². The molecule has 1 aliphatic carbocycles. The van der Waals surface area contributed by atoms with E-state index in [-0.39, 0.29) is 0 Å². The van der Waals surface area contributed by atoms with Gasteiger partial charge < -0.3 is 15.2 Å². The molecule has 0 unspecified atom stereocenters. The van der Waals surface area contributed by atoms with Crippen LogP contribution in [0.5, 0.6) is 0 Å². The molecule has 0 saturated carbocycles. The molecule has 24 heavy (non-hydrogen) atoms. The molecule has 4 rings (SSSR count). The summed E-state index contributed by atoms with van der Waals surface area (Å²) in [6.45, 7) is 4.03. The van der Waals surface area contributed by atoms with Crippen molar-refractivity contribution in [2.75, 3.05) is 18.0 Å². The van der Waals surface area contributed by atoms with Gasteiger partial charge >= 0.3 is 0 Å². The third-order valence-electron chi connectivity index (χ3n) is 5.24. The van der Waals surface area contributed by atoms with Crippen molar-refractivity contribution in [2.45, 2.75) is 45.1 Å². The first kappa shape index (κ1) is 15.2. The molecular weight excluding hydrogens is 302 g/mol. The summed E-state index contributed by atoms with van der Waals surface area (Å²) in [5.74, 6) is 0.661. The van der Waals surface area contributed by atoms with E-state index in [0.29, 0.717) is 11.7 Å². The summed E-state index contributed by atoms with van der Waals surface area (Å²) in [5.41, 5.74) is 9.44. The van der Waals surface area contributed by atoms with Crippen molar-refractivity contribution in [3.63, 3.8) is 0 Å². The molecule has 0 radical (unpaired) electrons. The molecule has 0 bridgehead atoms. The average molecular weight is 325 g/mol. The molecule has 6 nitrogen and oxygen atoms in total. The lowest BCUT2D eigenvalue weighted by Gasteiger charge is -2.22. The van der Waals surface area contributed by atoms with Crippen LogP contribution in [0.2, 0.25) is 0 Å². The second kappa shape index (κ2) is 5.92. The highest BCUT2D eigenvalue weighted by Gasteiger charge is 2.29. The van der Waals surface area contributed by atoms with Crippen LogP contribution in [0.3, 0.4) is 0 Å². The zero-order valence-corrected chi connectivity index (χ0v) is 14.0. The Labute approximate surface area is 141 Å². The minimum absolute atomic E-state index is 0.326. The van der Waals surface area contributed by atoms with Crippen molar-refractivity contribution < 1.29 is 4.79 Å². The normalized spacial score (nSPS) is 20.2. The van der Waals surface area contributed by atoms with Gasteiger partial charge in [0.05, 0.1) is 11.7 Å². The lowest BCUT2D eigenvalue weighted by molar-refractivity contribution is 0.0995. The van der Waals surface area contributed by atoms with E-state index in [1.54, 1.807) is 12.3 Å². The standard InChI is InChI=1S/C18H23N5O/c1-12-21-15-4-2-3-5-17(15)23(12)14-7-9-22(11-14)13-6-8-20-16(10-13)18(19)24/h6,8,10,14H,2-5,7,9,11H2,1H3,(H2,19,24)/t14-/m1/s1. The fourth-order valence-corrected chi connectivity index (χ4v) is 4.12. The number of amides is 1. The summed E-state index contributed by atoms with van der Waals surface area (Å²) in [4.78, 5) is 22.5. The number of nitrogens with two attached hydrogens (primary N) is 1. The maximum absolute atomic E-state index is 11.4. The van der Waals surface area contributed by atoms with Crippen LogP contribution in [0.15, 0.2) is 18.3 Å². The molecule has 2 aromatic rings. The summed E-state index contributed by atoms with van der Waals surface area (Å²) < 4.78 is 2.46. The Morgan fingerprint density at radius 1 is 1.33 bits per heavy atom. The zero-order valence-electron chi connectivity index (χ0n) is 14.0. The number of carbonyl (C=O) groups is 1. The Bertz CT molecular complexity index is 782. The molecule has 2 aromatic heterocycles. The smallest absolute Gasteiger partial charge is 0.267 e. The highest BCUT2D eigenvalue weighted by Crippen LogP contribution is 2.32. The van der Waals surface area contributed by atoms with Crippen LogP contribution in [0.4, 0.5) is 5.69 Å². The Balaban J connectivity index is 1.58. The van der Waals surface area contributed by atoms with Gasteiger partial charge in [-0.3, -0.25) is 9.78 Å². The predicted molar refractivity (Wildman–Crippen MR) is 92.2 cm³/mol. The number of imidazole rings is 1. The quantitative estimate of drug-likeness (QED) is 0.936. The Hall–Kier alpha value is -2.37. The van der Waals surface area contributed by atoms with E-state index in [4.69, 9.17) is 10.7 Å². The van der Waals surface area contributed by atoms with Crippen molar-refractivity contribution in [1.29, 1.82) is 0 Å². The van der Waals surface area contributed by atoms with E-state index in [2.05, 4.69) is 21.4 Å². The number of hydrogen-bond donors (Lipinski definition) is 1. The molecule has 1 amide bonds. The SMILES string of the molecule is Cc1nc2c(n1[C@@H]1CCN(c3ccnc(C(N)=O)c3)C1)CCCC2. The number of carbonyl (C=O) groups excluding carboxylic acids is 1. The number of anilines is 1. The molecule has 6 heteroatoms. The zero-order chi connectivity index (χ0) is 16.7. The molecule has 1 aliphatic heterocycles. The number of pyridine rings is 1. The number of hydrogen-bond acceptors (Lipinski definition) is 4. The van der Waals surface area contributed by atoms with Gasteiger partial charge in [0, 0.05) is 30.7 Å². The van der Waals surface area contributed by atoms with Gasteiger partial charge in [0.15, 0.2) is 0 Å². The molecule has 0 aromatic carbocycles. The van der Waals surface area contributed by atoms with Gasteiger partial charge in [-0.15, -0.1) is 0 Å². The van der Waals surface area contributed by atoms with Crippen molar-refractivity contribution >= 4 is 11.6 Å². The van der Waals surface area contributed by atoms with E-state index in [0.717, 1.165) is 43.9 Å².